The molecule has 0 radical (unpaired) electrons. The van der Waals surface area contributed by atoms with Gasteiger partial charge in [-0.3, -0.25) is 9.59 Å². The molecular weight excluding hydrogens is 348 g/mol. The number of carbonyl (C=O) groups excluding carboxylic acids is 2. The second kappa shape index (κ2) is 8.17. The predicted molar refractivity (Wildman–Crippen MR) is 114 cm³/mol. The van der Waals surface area contributed by atoms with E-state index in [1.165, 1.54) is 5.56 Å². The zero-order chi connectivity index (χ0) is 20.4. The van der Waals surface area contributed by atoms with Gasteiger partial charge in [0.05, 0.1) is 5.92 Å². The van der Waals surface area contributed by atoms with Crippen LogP contribution in [0.1, 0.15) is 51.0 Å². The van der Waals surface area contributed by atoms with Crippen molar-refractivity contribution in [1.82, 2.24) is 4.90 Å². The minimum atomic E-state index is -0.177. The van der Waals surface area contributed by atoms with E-state index in [-0.39, 0.29) is 17.7 Å². The standard InChI is InChI=1S/C24H30N2O2/c1-15-9-16(2)13-21(12-15)24(28)26-8-6-7-20(14-26)23(27)25-22-18(4)10-17(3)11-19(22)5/h9-13,20H,6-8,14H2,1-5H3,(H,25,27)/t20-/m0/s1. The Labute approximate surface area is 167 Å². The zero-order valence-electron chi connectivity index (χ0n) is 17.6. The molecule has 2 amide bonds. The Balaban J connectivity index is 1.72. The lowest BCUT2D eigenvalue weighted by molar-refractivity contribution is -0.121. The zero-order valence-corrected chi connectivity index (χ0v) is 17.6. The Bertz CT molecular complexity index is 874. The molecule has 1 aliphatic rings. The van der Waals surface area contributed by atoms with Crippen molar-refractivity contribution in [2.45, 2.75) is 47.5 Å². The van der Waals surface area contributed by atoms with E-state index >= 15 is 0 Å². The number of benzene rings is 2. The number of hydrogen-bond donors (Lipinski definition) is 1. The van der Waals surface area contributed by atoms with E-state index in [4.69, 9.17) is 0 Å². The average Bonchev–Trinajstić information content (AvgIpc) is 2.63. The van der Waals surface area contributed by atoms with Gasteiger partial charge in [0.2, 0.25) is 5.91 Å². The molecule has 148 valence electrons. The summed E-state index contributed by atoms with van der Waals surface area (Å²) in [5.74, 6) is -0.149. The highest BCUT2D eigenvalue weighted by Crippen LogP contribution is 2.25. The van der Waals surface area contributed by atoms with Gasteiger partial charge in [0.15, 0.2) is 0 Å². The third-order valence-corrected chi connectivity index (χ3v) is 5.47. The minimum absolute atomic E-state index is 0.00739. The number of hydrogen-bond acceptors (Lipinski definition) is 2. The van der Waals surface area contributed by atoms with Gasteiger partial charge < -0.3 is 10.2 Å². The van der Waals surface area contributed by atoms with Crippen LogP contribution < -0.4 is 5.32 Å². The SMILES string of the molecule is Cc1cc(C)cc(C(=O)N2CCC[C@H](C(=O)Nc3c(C)cc(C)cc3C)C2)c1. The van der Waals surface area contributed by atoms with Crippen molar-refractivity contribution in [3.05, 3.63) is 63.7 Å². The van der Waals surface area contributed by atoms with Crippen LogP contribution in [-0.2, 0) is 4.79 Å². The summed E-state index contributed by atoms with van der Waals surface area (Å²) >= 11 is 0. The number of aryl methyl sites for hydroxylation is 5. The van der Waals surface area contributed by atoms with E-state index in [0.29, 0.717) is 18.7 Å². The average molecular weight is 379 g/mol. The topological polar surface area (TPSA) is 49.4 Å². The van der Waals surface area contributed by atoms with Crippen LogP contribution in [0, 0.1) is 40.5 Å². The van der Waals surface area contributed by atoms with Crippen molar-refractivity contribution in [1.29, 1.82) is 0 Å². The van der Waals surface area contributed by atoms with Crippen molar-refractivity contribution in [3.8, 4) is 0 Å². The fourth-order valence-electron chi connectivity index (χ4n) is 4.26. The number of piperidine rings is 1. The second-order valence-electron chi connectivity index (χ2n) is 8.23. The fraction of sp³-hybridized carbons (Fsp3) is 0.417. The molecule has 0 aliphatic carbocycles. The first-order chi connectivity index (χ1) is 13.2. The maximum Gasteiger partial charge on any atom is 0.253 e. The summed E-state index contributed by atoms with van der Waals surface area (Å²) in [6, 6.07) is 10.1. The van der Waals surface area contributed by atoms with Gasteiger partial charge in [-0.05, 0) is 70.7 Å². The molecule has 1 saturated heterocycles. The van der Waals surface area contributed by atoms with Crippen molar-refractivity contribution in [2.24, 2.45) is 5.92 Å². The van der Waals surface area contributed by atoms with E-state index in [2.05, 4.69) is 30.4 Å². The molecule has 1 atom stereocenters. The Hall–Kier alpha value is -2.62. The number of nitrogens with one attached hydrogen (secondary N) is 1. The molecule has 2 aromatic carbocycles. The summed E-state index contributed by atoms with van der Waals surface area (Å²) in [5.41, 5.74) is 7.11. The molecule has 4 heteroatoms. The lowest BCUT2D eigenvalue weighted by Crippen LogP contribution is -2.43. The maximum atomic E-state index is 13.0. The summed E-state index contributed by atoms with van der Waals surface area (Å²) in [6.07, 6.45) is 1.66. The minimum Gasteiger partial charge on any atom is -0.338 e. The summed E-state index contributed by atoms with van der Waals surface area (Å²) < 4.78 is 0. The van der Waals surface area contributed by atoms with E-state index < -0.39 is 0 Å². The number of nitrogens with zero attached hydrogens (tertiary/aromatic N) is 1. The van der Waals surface area contributed by atoms with Crippen LogP contribution >= 0.6 is 0 Å². The molecule has 0 bridgehead atoms. The molecule has 0 aromatic heterocycles. The number of anilines is 1. The van der Waals surface area contributed by atoms with Gasteiger partial charge in [0.25, 0.3) is 5.91 Å². The van der Waals surface area contributed by atoms with Crippen LogP contribution in [-0.4, -0.2) is 29.8 Å². The van der Waals surface area contributed by atoms with Gasteiger partial charge in [-0.15, -0.1) is 0 Å². The molecule has 0 unspecified atom stereocenters. The first-order valence-electron chi connectivity index (χ1n) is 10.0. The molecule has 28 heavy (non-hydrogen) atoms. The van der Waals surface area contributed by atoms with Crippen molar-refractivity contribution < 1.29 is 9.59 Å². The van der Waals surface area contributed by atoms with Crippen molar-refractivity contribution >= 4 is 17.5 Å². The summed E-state index contributed by atoms with van der Waals surface area (Å²) in [7, 11) is 0. The normalized spacial score (nSPS) is 16.8. The van der Waals surface area contributed by atoms with E-state index in [1.54, 1.807) is 0 Å². The Morgan fingerprint density at radius 2 is 1.46 bits per heavy atom. The van der Waals surface area contributed by atoms with Crippen LogP contribution in [0.4, 0.5) is 5.69 Å². The van der Waals surface area contributed by atoms with E-state index in [1.807, 2.05) is 44.7 Å². The molecular formula is C24H30N2O2. The third-order valence-electron chi connectivity index (χ3n) is 5.47. The Morgan fingerprint density at radius 1 is 0.893 bits per heavy atom. The first kappa shape index (κ1) is 20.1. The predicted octanol–water partition coefficient (Wildman–Crippen LogP) is 4.72. The smallest absolute Gasteiger partial charge is 0.253 e. The molecule has 1 fully saturated rings. The molecule has 3 rings (SSSR count). The van der Waals surface area contributed by atoms with Crippen LogP contribution in [0.15, 0.2) is 30.3 Å². The van der Waals surface area contributed by atoms with Gasteiger partial charge in [-0.1, -0.05) is 34.9 Å². The number of likely N-dealkylation sites (tertiary alicyclic amines) is 1. The van der Waals surface area contributed by atoms with Gasteiger partial charge >= 0.3 is 0 Å². The fourth-order valence-corrected chi connectivity index (χ4v) is 4.26. The van der Waals surface area contributed by atoms with E-state index in [0.717, 1.165) is 40.8 Å². The largest absolute Gasteiger partial charge is 0.338 e. The first-order valence-corrected chi connectivity index (χ1v) is 10.0. The molecule has 1 N–H and O–H groups in total. The number of amides is 2. The van der Waals surface area contributed by atoms with Gasteiger partial charge in [0.1, 0.15) is 0 Å². The van der Waals surface area contributed by atoms with Crippen molar-refractivity contribution in [3.63, 3.8) is 0 Å². The summed E-state index contributed by atoms with van der Waals surface area (Å²) in [6.45, 7) is 11.3. The van der Waals surface area contributed by atoms with Crippen LogP contribution in [0.5, 0.6) is 0 Å². The highest BCUT2D eigenvalue weighted by molar-refractivity contribution is 5.97. The van der Waals surface area contributed by atoms with E-state index in [9.17, 15) is 9.59 Å². The lowest BCUT2D eigenvalue weighted by atomic mass is 9.95. The summed E-state index contributed by atoms with van der Waals surface area (Å²) in [4.78, 5) is 27.7. The quantitative estimate of drug-likeness (QED) is 0.840. The number of carbonyl (C=O) groups is 2. The van der Waals surface area contributed by atoms with Gasteiger partial charge in [-0.2, -0.15) is 0 Å². The Morgan fingerprint density at radius 3 is 2.07 bits per heavy atom. The van der Waals surface area contributed by atoms with Crippen LogP contribution in [0.3, 0.4) is 0 Å². The van der Waals surface area contributed by atoms with Gasteiger partial charge in [-0.25, -0.2) is 0 Å². The van der Waals surface area contributed by atoms with Crippen LogP contribution in [0.2, 0.25) is 0 Å². The molecule has 0 spiro atoms. The second-order valence-corrected chi connectivity index (χ2v) is 8.23. The molecule has 1 heterocycles. The van der Waals surface area contributed by atoms with Crippen molar-refractivity contribution in [2.75, 3.05) is 18.4 Å². The molecule has 4 nitrogen and oxygen atoms in total. The highest BCUT2D eigenvalue weighted by Gasteiger charge is 2.29. The molecule has 2 aromatic rings. The van der Waals surface area contributed by atoms with Gasteiger partial charge in [0, 0.05) is 24.3 Å². The lowest BCUT2D eigenvalue weighted by Gasteiger charge is -2.32. The summed E-state index contributed by atoms with van der Waals surface area (Å²) in [5, 5.41) is 3.12. The maximum absolute atomic E-state index is 13.0. The highest BCUT2D eigenvalue weighted by atomic mass is 16.2. The number of rotatable bonds is 3. The molecule has 1 aliphatic heterocycles. The third kappa shape index (κ3) is 4.44. The monoisotopic (exact) mass is 378 g/mol. The molecule has 0 saturated carbocycles. The Kier molecular flexibility index (Phi) is 5.87. The van der Waals surface area contributed by atoms with Crippen LogP contribution in [0.25, 0.3) is 0 Å².